The number of carbonyl (C=O) groups is 1. The molecule has 5 rings (SSSR count). The third-order valence-electron chi connectivity index (χ3n) is 6.20. The molecule has 3 aromatic carbocycles. The number of amides is 1. The number of benzene rings is 3. The van der Waals surface area contributed by atoms with Crippen LogP contribution < -0.4 is 5.32 Å². The van der Waals surface area contributed by atoms with Gasteiger partial charge in [0, 0.05) is 24.0 Å². The van der Waals surface area contributed by atoms with Crippen molar-refractivity contribution in [1.82, 2.24) is 14.5 Å². The first kappa shape index (κ1) is 20.2. The Hall–Kier alpha value is -3.73. The SMILES string of the molecule is CCC(C)c1ccccc1NC(=O)CCn1c2ccccc2c2nc3ccccc3nc21. The number of rotatable bonds is 6. The lowest BCUT2D eigenvalue weighted by molar-refractivity contribution is -0.116. The first-order valence-corrected chi connectivity index (χ1v) is 11.2. The predicted molar refractivity (Wildman–Crippen MR) is 131 cm³/mol. The van der Waals surface area contributed by atoms with Crippen molar-refractivity contribution >= 4 is 44.7 Å². The average molecular weight is 423 g/mol. The summed E-state index contributed by atoms with van der Waals surface area (Å²) in [7, 11) is 0. The number of hydrogen-bond donors (Lipinski definition) is 1. The fourth-order valence-electron chi connectivity index (χ4n) is 4.30. The Morgan fingerprint density at radius 1 is 0.938 bits per heavy atom. The van der Waals surface area contributed by atoms with E-state index < -0.39 is 0 Å². The van der Waals surface area contributed by atoms with Crippen LogP contribution in [0.1, 0.15) is 38.2 Å². The highest BCUT2D eigenvalue weighted by molar-refractivity contribution is 6.06. The van der Waals surface area contributed by atoms with Gasteiger partial charge in [0.25, 0.3) is 0 Å². The fourth-order valence-corrected chi connectivity index (χ4v) is 4.30. The lowest BCUT2D eigenvalue weighted by Gasteiger charge is -2.16. The smallest absolute Gasteiger partial charge is 0.226 e. The van der Waals surface area contributed by atoms with Crippen molar-refractivity contribution in [1.29, 1.82) is 0 Å². The van der Waals surface area contributed by atoms with E-state index in [-0.39, 0.29) is 5.91 Å². The highest BCUT2D eigenvalue weighted by Gasteiger charge is 2.16. The summed E-state index contributed by atoms with van der Waals surface area (Å²) in [6.07, 6.45) is 1.39. The molecule has 5 heteroatoms. The molecule has 1 amide bonds. The van der Waals surface area contributed by atoms with Gasteiger partial charge in [-0.1, -0.05) is 62.4 Å². The Morgan fingerprint density at radius 2 is 1.62 bits per heavy atom. The molecule has 5 aromatic rings. The van der Waals surface area contributed by atoms with Gasteiger partial charge in [0.15, 0.2) is 5.65 Å². The van der Waals surface area contributed by atoms with Crippen molar-refractivity contribution in [3.63, 3.8) is 0 Å². The summed E-state index contributed by atoms with van der Waals surface area (Å²) in [5, 5.41) is 4.18. The lowest BCUT2D eigenvalue weighted by atomic mass is 9.97. The third-order valence-corrected chi connectivity index (χ3v) is 6.20. The van der Waals surface area contributed by atoms with Crippen LogP contribution >= 0.6 is 0 Å². The molecule has 0 radical (unpaired) electrons. The molecule has 0 spiro atoms. The second-order valence-corrected chi connectivity index (χ2v) is 8.25. The summed E-state index contributed by atoms with van der Waals surface area (Å²) >= 11 is 0. The summed E-state index contributed by atoms with van der Waals surface area (Å²) in [6, 6.07) is 24.1. The normalized spacial score (nSPS) is 12.4. The molecule has 5 nitrogen and oxygen atoms in total. The van der Waals surface area contributed by atoms with Gasteiger partial charge in [-0.3, -0.25) is 4.79 Å². The van der Waals surface area contributed by atoms with Crippen LogP contribution in [0.2, 0.25) is 0 Å². The molecule has 2 aromatic heterocycles. The fraction of sp³-hybridized carbons (Fsp3) is 0.222. The molecule has 2 heterocycles. The van der Waals surface area contributed by atoms with Gasteiger partial charge in [0.1, 0.15) is 5.52 Å². The van der Waals surface area contributed by atoms with Crippen molar-refractivity contribution in [3.05, 3.63) is 78.4 Å². The lowest BCUT2D eigenvalue weighted by Crippen LogP contribution is -2.16. The number of para-hydroxylation sites is 4. The zero-order valence-electron chi connectivity index (χ0n) is 18.4. The highest BCUT2D eigenvalue weighted by atomic mass is 16.1. The Labute approximate surface area is 187 Å². The van der Waals surface area contributed by atoms with Crippen molar-refractivity contribution in [2.75, 3.05) is 5.32 Å². The number of fused-ring (bicyclic) bond motifs is 4. The van der Waals surface area contributed by atoms with E-state index in [1.165, 1.54) is 5.56 Å². The minimum atomic E-state index is 0.000400. The molecule has 0 aliphatic rings. The number of nitrogens with one attached hydrogen (secondary N) is 1. The van der Waals surface area contributed by atoms with Crippen molar-refractivity contribution in [2.45, 2.75) is 39.2 Å². The van der Waals surface area contributed by atoms with Gasteiger partial charge >= 0.3 is 0 Å². The molecule has 0 aliphatic carbocycles. The molecule has 32 heavy (non-hydrogen) atoms. The second-order valence-electron chi connectivity index (χ2n) is 8.25. The van der Waals surface area contributed by atoms with Gasteiger partial charge in [-0.2, -0.15) is 0 Å². The topological polar surface area (TPSA) is 59.8 Å². The molecule has 0 aliphatic heterocycles. The first-order valence-electron chi connectivity index (χ1n) is 11.2. The van der Waals surface area contributed by atoms with Gasteiger partial charge in [0.05, 0.1) is 16.6 Å². The number of carbonyl (C=O) groups excluding carboxylic acids is 1. The van der Waals surface area contributed by atoms with E-state index in [9.17, 15) is 4.79 Å². The van der Waals surface area contributed by atoms with Crippen LogP contribution in [0.5, 0.6) is 0 Å². The quantitative estimate of drug-likeness (QED) is 0.350. The van der Waals surface area contributed by atoms with E-state index in [1.807, 2.05) is 54.6 Å². The monoisotopic (exact) mass is 422 g/mol. The summed E-state index contributed by atoms with van der Waals surface area (Å²) in [6.45, 7) is 4.89. The maximum Gasteiger partial charge on any atom is 0.226 e. The minimum Gasteiger partial charge on any atom is -0.326 e. The molecular weight excluding hydrogens is 396 g/mol. The van der Waals surface area contributed by atoms with Crippen LogP contribution in [0, 0.1) is 0 Å². The maximum atomic E-state index is 12.9. The zero-order chi connectivity index (χ0) is 22.1. The molecule has 160 valence electrons. The van der Waals surface area contributed by atoms with Crippen LogP contribution in [0.25, 0.3) is 33.1 Å². The van der Waals surface area contributed by atoms with Crippen LogP contribution in [0.4, 0.5) is 5.69 Å². The van der Waals surface area contributed by atoms with E-state index in [0.717, 1.165) is 45.2 Å². The second kappa shape index (κ2) is 8.42. The van der Waals surface area contributed by atoms with Gasteiger partial charge < -0.3 is 9.88 Å². The van der Waals surface area contributed by atoms with Gasteiger partial charge in [0.2, 0.25) is 5.91 Å². The Bertz CT molecular complexity index is 1440. The highest BCUT2D eigenvalue weighted by Crippen LogP contribution is 2.29. The van der Waals surface area contributed by atoms with Crippen LogP contribution in [-0.2, 0) is 11.3 Å². The Kier molecular flexibility index (Phi) is 5.31. The van der Waals surface area contributed by atoms with Crippen LogP contribution in [0.15, 0.2) is 72.8 Å². The third kappa shape index (κ3) is 3.60. The number of aryl methyl sites for hydroxylation is 1. The summed E-state index contributed by atoms with van der Waals surface area (Å²) in [4.78, 5) is 22.7. The van der Waals surface area contributed by atoms with Crippen molar-refractivity contribution in [3.8, 4) is 0 Å². The van der Waals surface area contributed by atoms with Crippen molar-refractivity contribution < 1.29 is 4.79 Å². The van der Waals surface area contributed by atoms with Gasteiger partial charge in [-0.15, -0.1) is 0 Å². The molecule has 0 fully saturated rings. The summed E-state index contributed by atoms with van der Waals surface area (Å²) in [5.41, 5.74) is 6.56. The largest absolute Gasteiger partial charge is 0.326 e. The molecule has 1 unspecified atom stereocenters. The first-order chi connectivity index (χ1) is 15.7. The summed E-state index contributed by atoms with van der Waals surface area (Å²) in [5.74, 6) is 0.396. The number of aromatic nitrogens is 3. The van der Waals surface area contributed by atoms with E-state index in [1.54, 1.807) is 0 Å². The molecule has 0 saturated carbocycles. The standard InChI is InChI=1S/C27H26N4O/c1-3-18(2)19-10-4-6-12-21(19)28-25(32)16-17-31-24-15-9-5-11-20(24)26-27(31)30-23-14-8-7-13-22(23)29-26/h4-15,18H,3,16-17H2,1-2H3,(H,28,32). The van der Waals surface area contributed by atoms with Crippen LogP contribution in [-0.4, -0.2) is 20.4 Å². The maximum absolute atomic E-state index is 12.9. The zero-order valence-corrected chi connectivity index (χ0v) is 18.4. The average Bonchev–Trinajstić information content (AvgIpc) is 3.13. The van der Waals surface area contributed by atoms with E-state index in [2.05, 4.69) is 41.9 Å². The Balaban J connectivity index is 1.47. The van der Waals surface area contributed by atoms with Crippen LogP contribution in [0.3, 0.4) is 0 Å². The number of nitrogens with zero attached hydrogens (tertiary/aromatic N) is 3. The van der Waals surface area contributed by atoms with Gasteiger partial charge in [-0.25, -0.2) is 9.97 Å². The number of anilines is 1. The molecule has 1 atom stereocenters. The molecule has 0 saturated heterocycles. The Morgan fingerprint density at radius 3 is 2.44 bits per heavy atom. The number of hydrogen-bond acceptors (Lipinski definition) is 3. The summed E-state index contributed by atoms with van der Waals surface area (Å²) < 4.78 is 2.12. The predicted octanol–water partition coefficient (Wildman–Crippen LogP) is 6.28. The molecule has 0 bridgehead atoms. The molecular formula is C27H26N4O. The van der Waals surface area contributed by atoms with E-state index in [4.69, 9.17) is 9.97 Å². The van der Waals surface area contributed by atoms with Crippen molar-refractivity contribution in [2.24, 2.45) is 0 Å². The molecule has 1 N–H and O–H groups in total. The van der Waals surface area contributed by atoms with E-state index in [0.29, 0.717) is 18.9 Å². The van der Waals surface area contributed by atoms with E-state index >= 15 is 0 Å². The van der Waals surface area contributed by atoms with Gasteiger partial charge in [-0.05, 0) is 42.2 Å². The minimum absolute atomic E-state index is 0.000400.